The molecule has 0 amide bonds. The second kappa shape index (κ2) is 6.31. The van der Waals surface area contributed by atoms with Crippen molar-refractivity contribution in [2.24, 2.45) is 0 Å². The molecule has 1 aromatic rings. The maximum Gasteiger partial charge on any atom is 0.121 e. The van der Waals surface area contributed by atoms with Gasteiger partial charge in [0.1, 0.15) is 5.75 Å². The maximum absolute atomic E-state index is 5.97. The van der Waals surface area contributed by atoms with Crippen LogP contribution in [0.1, 0.15) is 18.9 Å². The van der Waals surface area contributed by atoms with E-state index in [0.29, 0.717) is 6.61 Å². The van der Waals surface area contributed by atoms with Crippen LogP contribution in [0.5, 0.6) is 5.75 Å². The van der Waals surface area contributed by atoms with Crippen molar-refractivity contribution in [1.82, 2.24) is 0 Å². The summed E-state index contributed by atoms with van der Waals surface area (Å²) < 4.78 is 5.41. The van der Waals surface area contributed by atoms with Crippen molar-refractivity contribution < 1.29 is 4.74 Å². The smallest absolute Gasteiger partial charge is 0.121 e. The van der Waals surface area contributed by atoms with Crippen LogP contribution in [0.3, 0.4) is 0 Å². The molecule has 0 radical (unpaired) electrons. The normalized spacial score (nSPS) is 10.2. The number of rotatable bonds is 5. The van der Waals surface area contributed by atoms with Crippen LogP contribution in [0.2, 0.25) is 5.02 Å². The summed E-state index contributed by atoms with van der Waals surface area (Å²) in [6, 6.07) is 5.90. The second-order valence-electron chi connectivity index (χ2n) is 3.02. The van der Waals surface area contributed by atoms with E-state index in [1.165, 1.54) is 5.56 Å². The zero-order chi connectivity index (χ0) is 10.4. The van der Waals surface area contributed by atoms with E-state index in [4.69, 9.17) is 16.3 Å². The van der Waals surface area contributed by atoms with Crippen LogP contribution < -0.4 is 4.74 Å². The quantitative estimate of drug-likeness (QED) is 0.737. The molecule has 3 heteroatoms. The van der Waals surface area contributed by atoms with E-state index in [-0.39, 0.29) is 0 Å². The third kappa shape index (κ3) is 3.89. The lowest BCUT2D eigenvalue weighted by atomic mass is 10.1. The molecular weight excluding hydrogens is 263 g/mol. The van der Waals surface area contributed by atoms with Crippen molar-refractivity contribution >= 4 is 27.5 Å². The molecule has 1 aromatic carbocycles. The number of alkyl halides is 1. The molecule has 0 aliphatic rings. The molecule has 0 aliphatic heterocycles. The number of ether oxygens (including phenoxy) is 1. The Kier molecular flexibility index (Phi) is 5.34. The third-order valence-corrected chi connectivity index (χ3v) is 2.62. The first-order valence-electron chi connectivity index (χ1n) is 4.74. The van der Waals surface area contributed by atoms with Crippen molar-refractivity contribution in [3.8, 4) is 5.75 Å². The molecule has 0 unspecified atom stereocenters. The average Bonchev–Trinajstić information content (AvgIpc) is 2.14. The molecule has 0 bridgehead atoms. The molecule has 0 saturated heterocycles. The van der Waals surface area contributed by atoms with Crippen LogP contribution in [-0.2, 0) is 6.42 Å². The maximum atomic E-state index is 5.97. The van der Waals surface area contributed by atoms with Crippen LogP contribution in [0, 0.1) is 0 Å². The van der Waals surface area contributed by atoms with Gasteiger partial charge in [0.05, 0.1) is 6.61 Å². The van der Waals surface area contributed by atoms with Gasteiger partial charge < -0.3 is 4.74 Å². The van der Waals surface area contributed by atoms with E-state index < -0.39 is 0 Å². The van der Waals surface area contributed by atoms with Gasteiger partial charge in [-0.1, -0.05) is 27.5 Å². The third-order valence-electron chi connectivity index (χ3n) is 1.84. The van der Waals surface area contributed by atoms with Gasteiger partial charge in [0.2, 0.25) is 0 Å². The molecule has 0 atom stereocenters. The highest BCUT2D eigenvalue weighted by molar-refractivity contribution is 9.09. The number of aryl methyl sites for hydroxylation is 1. The number of benzene rings is 1. The summed E-state index contributed by atoms with van der Waals surface area (Å²) in [6.07, 6.45) is 2.15. The zero-order valence-corrected chi connectivity index (χ0v) is 10.6. The number of halogens is 2. The van der Waals surface area contributed by atoms with Crippen LogP contribution in [-0.4, -0.2) is 11.9 Å². The van der Waals surface area contributed by atoms with Crippen molar-refractivity contribution in [3.63, 3.8) is 0 Å². The van der Waals surface area contributed by atoms with Gasteiger partial charge >= 0.3 is 0 Å². The predicted octanol–water partition coefficient (Wildman–Crippen LogP) is 4.07. The Balaban J connectivity index is 2.73. The van der Waals surface area contributed by atoms with Crippen LogP contribution in [0.4, 0.5) is 0 Å². The molecule has 0 aliphatic carbocycles. The summed E-state index contributed by atoms with van der Waals surface area (Å²) in [5.74, 6) is 0.865. The van der Waals surface area contributed by atoms with E-state index in [1.807, 2.05) is 19.1 Å². The van der Waals surface area contributed by atoms with Crippen LogP contribution >= 0.6 is 27.5 Å². The molecule has 0 spiro atoms. The number of hydrogen-bond acceptors (Lipinski definition) is 1. The molecule has 0 aromatic heterocycles. The molecule has 0 heterocycles. The predicted molar refractivity (Wildman–Crippen MR) is 64.7 cm³/mol. The summed E-state index contributed by atoms with van der Waals surface area (Å²) in [5, 5.41) is 1.77. The van der Waals surface area contributed by atoms with Crippen molar-refractivity contribution in [2.75, 3.05) is 11.9 Å². The highest BCUT2D eigenvalue weighted by Gasteiger charge is 2.00. The summed E-state index contributed by atoms with van der Waals surface area (Å²) in [6.45, 7) is 2.65. The van der Waals surface area contributed by atoms with Gasteiger partial charge in [-0.25, -0.2) is 0 Å². The van der Waals surface area contributed by atoms with E-state index in [0.717, 1.165) is 28.9 Å². The van der Waals surface area contributed by atoms with Gasteiger partial charge in [0.25, 0.3) is 0 Å². The van der Waals surface area contributed by atoms with E-state index in [1.54, 1.807) is 0 Å². The molecule has 1 nitrogen and oxygen atoms in total. The fourth-order valence-electron chi connectivity index (χ4n) is 1.29. The largest absolute Gasteiger partial charge is 0.494 e. The Morgan fingerprint density at radius 2 is 2.14 bits per heavy atom. The second-order valence-corrected chi connectivity index (χ2v) is 4.25. The van der Waals surface area contributed by atoms with Crippen LogP contribution in [0.15, 0.2) is 18.2 Å². The minimum absolute atomic E-state index is 0.679. The first-order chi connectivity index (χ1) is 6.76. The van der Waals surface area contributed by atoms with Gasteiger partial charge in [-0.05, 0) is 43.5 Å². The zero-order valence-electron chi connectivity index (χ0n) is 8.22. The summed E-state index contributed by atoms with van der Waals surface area (Å²) in [7, 11) is 0. The van der Waals surface area contributed by atoms with Gasteiger partial charge in [-0.15, -0.1) is 0 Å². The molecular formula is C11H14BrClO. The Labute approximate surface area is 98.5 Å². The standard InChI is InChI=1S/C11H14BrClO/c1-2-14-11-7-9(4-3-5-12)6-10(13)8-11/h6-8H,2-5H2,1H3. The first-order valence-corrected chi connectivity index (χ1v) is 6.24. The monoisotopic (exact) mass is 276 g/mol. The van der Waals surface area contributed by atoms with Crippen molar-refractivity contribution in [3.05, 3.63) is 28.8 Å². The molecule has 78 valence electrons. The van der Waals surface area contributed by atoms with Gasteiger partial charge in [0, 0.05) is 10.4 Å². The van der Waals surface area contributed by atoms with Crippen LogP contribution in [0.25, 0.3) is 0 Å². The molecule has 0 N–H and O–H groups in total. The van der Waals surface area contributed by atoms with Gasteiger partial charge in [-0.2, -0.15) is 0 Å². The fourth-order valence-corrected chi connectivity index (χ4v) is 1.81. The lowest BCUT2D eigenvalue weighted by Gasteiger charge is -2.06. The Bertz CT molecular complexity index is 289. The lowest BCUT2D eigenvalue weighted by molar-refractivity contribution is 0.340. The average molecular weight is 278 g/mol. The highest BCUT2D eigenvalue weighted by Crippen LogP contribution is 2.22. The highest BCUT2D eigenvalue weighted by atomic mass is 79.9. The Hall–Kier alpha value is -0.210. The number of hydrogen-bond donors (Lipinski definition) is 0. The van der Waals surface area contributed by atoms with Gasteiger partial charge in [0.15, 0.2) is 0 Å². The fraction of sp³-hybridized carbons (Fsp3) is 0.455. The summed E-state index contributed by atoms with van der Waals surface area (Å²) in [4.78, 5) is 0. The topological polar surface area (TPSA) is 9.23 Å². The Morgan fingerprint density at radius 1 is 1.36 bits per heavy atom. The molecule has 14 heavy (non-hydrogen) atoms. The van der Waals surface area contributed by atoms with E-state index >= 15 is 0 Å². The molecule has 1 rings (SSSR count). The summed E-state index contributed by atoms with van der Waals surface area (Å²) in [5.41, 5.74) is 1.24. The minimum Gasteiger partial charge on any atom is -0.494 e. The lowest BCUT2D eigenvalue weighted by Crippen LogP contribution is -1.93. The van der Waals surface area contributed by atoms with E-state index in [9.17, 15) is 0 Å². The van der Waals surface area contributed by atoms with Gasteiger partial charge in [-0.3, -0.25) is 0 Å². The Morgan fingerprint density at radius 3 is 2.79 bits per heavy atom. The van der Waals surface area contributed by atoms with E-state index in [2.05, 4.69) is 22.0 Å². The molecule has 0 saturated carbocycles. The first kappa shape index (κ1) is 11.9. The summed E-state index contributed by atoms with van der Waals surface area (Å²) >= 11 is 9.38. The minimum atomic E-state index is 0.679. The SMILES string of the molecule is CCOc1cc(Cl)cc(CCCBr)c1. The molecule has 0 fully saturated rings. The van der Waals surface area contributed by atoms with Crippen molar-refractivity contribution in [2.45, 2.75) is 19.8 Å². The van der Waals surface area contributed by atoms with Crippen molar-refractivity contribution in [1.29, 1.82) is 0 Å².